The number of thiazole rings is 1. The number of hydrogen-bond acceptors (Lipinski definition) is 4. The van der Waals surface area contributed by atoms with Crippen molar-refractivity contribution in [1.82, 2.24) is 10.3 Å². The average Bonchev–Trinajstić information content (AvgIpc) is 3.13. The molecule has 19 heavy (non-hydrogen) atoms. The van der Waals surface area contributed by atoms with Gasteiger partial charge in [0.25, 0.3) is 5.91 Å². The van der Waals surface area contributed by atoms with Crippen molar-refractivity contribution in [3.63, 3.8) is 0 Å². The van der Waals surface area contributed by atoms with Crippen molar-refractivity contribution in [2.24, 2.45) is 17.8 Å². The lowest BCUT2D eigenvalue weighted by Crippen LogP contribution is -2.45. The second kappa shape index (κ2) is 5.21. The fraction of sp³-hybridized carbons (Fsp3) is 0.714. The predicted octanol–water partition coefficient (Wildman–Crippen LogP) is 1.84. The van der Waals surface area contributed by atoms with Gasteiger partial charge in [0.05, 0.1) is 0 Å². The van der Waals surface area contributed by atoms with E-state index >= 15 is 0 Å². The lowest BCUT2D eigenvalue weighted by molar-refractivity contribution is 0.0861. The SMILES string of the molecule is CCc1cnc(C(=O)N[C@H]2[C@H]3CC[C@@H](C3)[C@H]2CO)s1. The Morgan fingerprint density at radius 1 is 1.53 bits per heavy atom. The number of aliphatic hydroxyl groups is 1. The van der Waals surface area contributed by atoms with Crippen molar-refractivity contribution in [2.75, 3.05) is 6.61 Å². The number of nitrogens with zero attached hydrogens (tertiary/aromatic N) is 1. The number of hydrogen-bond donors (Lipinski definition) is 2. The van der Waals surface area contributed by atoms with Crippen LogP contribution in [0.15, 0.2) is 6.20 Å². The number of aromatic nitrogens is 1. The van der Waals surface area contributed by atoms with E-state index in [1.54, 1.807) is 6.20 Å². The normalized spacial score (nSPS) is 32.7. The maximum absolute atomic E-state index is 12.2. The third-order valence-electron chi connectivity index (χ3n) is 4.69. The monoisotopic (exact) mass is 280 g/mol. The Hall–Kier alpha value is -0.940. The lowest BCUT2D eigenvalue weighted by Gasteiger charge is -2.30. The molecule has 0 radical (unpaired) electrons. The van der Waals surface area contributed by atoms with Gasteiger partial charge in [0.2, 0.25) is 0 Å². The molecule has 4 nitrogen and oxygen atoms in total. The predicted molar refractivity (Wildman–Crippen MR) is 74.2 cm³/mol. The summed E-state index contributed by atoms with van der Waals surface area (Å²) in [5.74, 6) is 1.33. The molecule has 1 aromatic rings. The van der Waals surface area contributed by atoms with Crippen LogP contribution in [0.25, 0.3) is 0 Å². The standard InChI is InChI=1S/C14H20N2O2S/c1-2-10-6-15-14(19-10)13(18)16-12-9-4-3-8(5-9)11(12)7-17/h6,8-9,11-12,17H,2-5,7H2,1H3,(H,16,18)/t8-,9-,11+,12-/m0/s1. The van der Waals surface area contributed by atoms with Crippen LogP contribution < -0.4 is 5.32 Å². The second-order valence-electron chi connectivity index (χ2n) is 5.66. The Morgan fingerprint density at radius 2 is 2.32 bits per heavy atom. The van der Waals surface area contributed by atoms with Gasteiger partial charge in [-0.25, -0.2) is 4.98 Å². The summed E-state index contributed by atoms with van der Waals surface area (Å²) in [4.78, 5) is 17.5. The maximum Gasteiger partial charge on any atom is 0.280 e. The quantitative estimate of drug-likeness (QED) is 0.884. The van der Waals surface area contributed by atoms with E-state index in [-0.39, 0.29) is 24.5 Å². The Labute approximate surface area is 117 Å². The minimum Gasteiger partial charge on any atom is -0.396 e. The zero-order chi connectivity index (χ0) is 13.4. The largest absolute Gasteiger partial charge is 0.396 e. The van der Waals surface area contributed by atoms with Crippen molar-refractivity contribution in [2.45, 2.75) is 38.6 Å². The zero-order valence-electron chi connectivity index (χ0n) is 11.1. The molecule has 3 rings (SSSR count). The molecule has 1 heterocycles. The molecule has 0 saturated heterocycles. The van der Waals surface area contributed by atoms with E-state index in [9.17, 15) is 9.90 Å². The minimum atomic E-state index is -0.0688. The molecule has 2 aliphatic rings. The van der Waals surface area contributed by atoms with Gasteiger partial charge in [-0.05, 0) is 37.5 Å². The van der Waals surface area contributed by atoms with Gasteiger partial charge >= 0.3 is 0 Å². The average molecular weight is 280 g/mol. The molecule has 2 bridgehead atoms. The van der Waals surface area contributed by atoms with Crippen LogP contribution in [0, 0.1) is 17.8 Å². The van der Waals surface area contributed by atoms with Gasteiger partial charge in [0, 0.05) is 29.6 Å². The van der Waals surface area contributed by atoms with Gasteiger partial charge in [-0.3, -0.25) is 4.79 Å². The van der Waals surface area contributed by atoms with Crippen molar-refractivity contribution in [3.05, 3.63) is 16.1 Å². The first-order valence-corrected chi connectivity index (χ1v) is 7.91. The van der Waals surface area contributed by atoms with Crippen molar-refractivity contribution in [1.29, 1.82) is 0 Å². The molecule has 1 amide bonds. The molecule has 2 N–H and O–H groups in total. The highest BCUT2D eigenvalue weighted by Gasteiger charge is 2.47. The number of carbonyl (C=O) groups is 1. The van der Waals surface area contributed by atoms with Crippen molar-refractivity contribution in [3.8, 4) is 0 Å². The number of rotatable bonds is 4. The molecule has 4 atom stereocenters. The van der Waals surface area contributed by atoms with Crippen LogP contribution in [0.2, 0.25) is 0 Å². The van der Waals surface area contributed by atoms with E-state index in [1.807, 2.05) is 0 Å². The highest BCUT2D eigenvalue weighted by molar-refractivity contribution is 7.13. The Bertz CT molecular complexity index is 474. The molecular formula is C14H20N2O2S. The molecule has 1 aromatic heterocycles. The topological polar surface area (TPSA) is 62.2 Å². The smallest absolute Gasteiger partial charge is 0.280 e. The van der Waals surface area contributed by atoms with E-state index in [1.165, 1.54) is 24.2 Å². The Kier molecular flexibility index (Phi) is 3.58. The Balaban J connectivity index is 1.69. The fourth-order valence-electron chi connectivity index (χ4n) is 3.69. The molecule has 5 heteroatoms. The molecule has 104 valence electrons. The summed E-state index contributed by atoms with van der Waals surface area (Å²) in [6, 6.07) is 0.144. The maximum atomic E-state index is 12.2. The Morgan fingerprint density at radius 3 is 3.00 bits per heavy atom. The van der Waals surface area contributed by atoms with Gasteiger partial charge < -0.3 is 10.4 Å². The van der Waals surface area contributed by atoms with E-state index in [0.717, 1.165) is 17.7 Å². The highest BCUT2D eigenvalue weighted by atomic mass is 32.1. The summed E-state index contributed by atoms with van der Waals surface area (Å²) in [6.45, 7) is 2.25. The van der Waals surface area contributed by atoms with Gasteiger partial charge in [-0.15, -0.1) is 11.3 Å². The fourth-order valence-corrected chi connectivity index (χ4v) is 4.44. The number of aryl methyl sites for hydroxylation is 1. The van der Waals surface area contributed by atoms with Gasteiger partial charge in [-0.2, -0.15) is 0 Å². The van der Waals surface area contributed by atoms with Crippen LogP contribution in [-0.4, -0.2) is 28.6 Å². The molecule has 0 spiro atoms. The summed E-state index contributed by atoms with van der Waals surface area (Å²) in [7, 11) is 0. The van der Waals surface area contributed by atoms with Crippen LogP contribution >= 0.6 is 11.3 Å². The highest BCUT2D eigenvalue weighted by Crippen LogP contribution is 2.48. The first-order valence-electron chi connectivity index (χ1n) is 7.09. The lowest BCUT2D eigenvalue weighted by atomic mass is 9.85. The molecule has 2 aliphatic carbocycles. The number of carbonyl (C=O) groups excluding carboxylic acids is 1. The van der Waals surface area contributed by atoms with Gasteiger partial charge in [0.15, 0.2) is 5.01 Å². The first kappa shape index (κ1) is 13.1. The van der Waals surface area contributed by atoms with Crippen molar-refractivity contribution < 1.29 is 9.90 Å². The number of amides is 1. The number of aliphatic hydroxyl groups excluding tert-OH is 1. The zero-order valence-corrected chi connectivity index (χ0v) is 11.9. The molecule has 2 fully saturated rings. The molecule has 0 aromatic carbocycles. The molecule has 0 aliphatic heterocycles. The summed E-state index contributed by atoms with van der Waals surface area (Å²) >= 11 is 1.47. The van der Waals surface area contributed by atoms with Crippen LogP contribution in [0.3, 0.4) is 0 Å². The number of nitrogens with one attached hydrogen (secondary N) is 1. The van der Waals surface area contributed by atoms with Gasteiger partial charge in [-0.1, -0.05) is 6.92 Å². The van der Waals surface area contributed by atoms with Crippen LogP contribution in [0.4, 0.5) is 0 Å². The van der Waals surface area contributed by atoms with E-state index in [2.05, 4.69) is 17.2 Å². The van der Waals surface area contributed by atoms with Crippen LogP contribution in [0.1, 0.15) is 40.9 Å². The van der Waals surface area contributed by atoms with E-state index < -0.39 is 0 Å². The second-order valence-corrected chi connectivity index (χ2v) is 6.78. The molecule has 0 unspecified atom stereocenters. The third-order valence-corrected chi connectivity index (χ3v) is 5.83. The first-order chi connectivity index (χ1) is 9.22. The summed E-state index contributed by atoms with van der Waals surface area (Å²) in [6.07, 6.45) is 6.25. The van der Waals surface area contributed by atoms with Gasteiger partial charge in [0.1, 0.15) is 0 Å². The van der Waals surface area contributed by atoms with Crippen molar-refractivity contribution >= 4 is 17.2 Å². The summed E-state index contributed by atoms with van der Waals surface area (Å²) in [5, 5.41) is 13.2. The molecular weight excluding hydrogens is 260 g/mol. The summed E-state index contributed by atoms with van der Waals surface area (Å²) in [5.41, 5.74) is 0. The minimum absolute atomic E-state index is 0.0688. The van der Waals surface area contributed by atoms with Crippen LogP contribution in [-0.2, 0) is 6.42 Å². The number of fused-ring (bicyclic) bond motifs is 2. The third kappa shape index (κ3) is 2.30. The van der Waals surface area contributed by atoms with E-state index in [4.69, 9.17) is 0 Å². The van der Waals surface area contributed by atoms with E-state index in [0.29, 0.717) is 16.8 Å². The van der Waals surface area contributed by atoms with Crippen LogP contribution in [0.5, 0.6) is 0 Å². The summed E-state index contributed by atoms with van der Waals surface area (Å²) < 4.78 is 0. The molecule has 2 saturated carbocycles.